The average molecular weight is 304 g/mol. The standard InChI is InChI=1S/C12H18BrNOS/c1-9-4-5-11(12(13)6-9)8-14-7-10(2)16(3)15/h4-6,10,14H,7-8H2,1-3H3. The highest BCUT2D eigenvalue weighted by molar-refractivity contribution is 9.10. The van der Waals surface area contributed by atoms with E-state index in [0.29, 0.717) is 0 Å². The second-order valence-corrected chi connectivity index (χ2v) is 6.69. The zero-order valence-corrected chi connectivity index (χ0v) is 12.3. The van der Waals surface area contributed by atoms with Gasteiger partial charge in [-0.2, -0.15) is 0 Å². The van der Waals surface area contributed by atoms with Crippen LogP contribution in [0.2, 0.25) is 0 Å². The van der Waals surface area contributed by atoms with Gasteiger partial charge in [-0.25, -0.2) is 0 Å². The van der Waals surface area contributed by atoms with E-state index < -0.39 is 10.8 Å². The molecule has 0 spiro atoms. The van der Waals surface area contributed by atoms with Crippen molar-refractivity contribution in [3.63, 3.8) is 0 Å². The van der Waals surface area contributed by atoms with Crippen LogP contribution in [0.15, 0.2) is 22.7 Å². The van der Waals surface area contributed by atoms with Crippen LogP contribution in [0, 0.1) is 6.92 Å². The highest BCUT2D eigenvalue weighted by Gasteiger charge is 2.05. The van der Waals surface area contributed by atoms with Gasteiger partial charge in [-0.05, 0) is 31.0 Å². The molecule has 0 aliphatic carbocycles. The summed E-state index contributed by atoms with van der Waals surface area (Å²) in [6.07, 6.45) is 1.74. The third-order valence-corrected chi connectivity index (χ3v) is 4.56. The summed E-state index contributed by atoms with van der Waals surface area (Å²) < 4.78 is 12.3. The van der Waals surface area contributed by atoms with Crippen LogP contribution in [0.25, 0.3) is 0 Å². The fourth-order valence-corrected chi connectivity index (χ4v) is 2.31. The Morgan fingerprint density at radius 1 is 1.50 bits per heavy atom. The minimum atomic E-state index is -0.751. The van der Waals surface area contributed by atoms with Gasteiger partial charge in [0.15, 0.2) is 0 Å². The molecule has 0 radical (unpaired) electrons. The first-order valence-corrected chi connectivity index (χ1v) is 7.70. The van der Waals surface area contributed by atoms with Gasteiger partial charge in [0.05, 0.1) is 0 Å². The van der Waals surface area contributed by atoms with Crippen molar-refractivity contribution < 1.29 is 4.21 Å². The first kappa shape index (κ1) is 13.9. The van der Waals surface area contributed by atoms with E-state index in [4.69, 9.17) is 0 Å². The van der Waals surface area contributed by atoms with Gasteiger partial charge in [0.2, 0.25) is 0 Å². The van der Waals surface area contributed by atoms with Crippen LogP contribution in [0.5, 0.6) is 0 Å². The molecule has 90 valence electrons. The second-order valence-electron chi connectivity index (χ2n) is 4.03. The molecule has 1 rings (SSSR count). The molecule has 2 nitrogen and oxygen atoms in total. The molecule has 1 aromatic carbocycles. The molecular weight excluding hydrogens is 286 g/mol. The molecule has 0 saturated carbocycles. The van der Waals surface area contributed by atoms with Gasteiger partial charge in [0.1, 0.15) is 0 Å². The quantitative estimate of drug-likeness (QED) is 0.906. The molecule has 1 N–H and O–H groups in total. The fraction of sp³-hybridized carbons (Fsp3) is 0.500. The molecule has 4 heteroatoms. The van der Waals surface area contributed by atoms with E-state index in [0.717, 1.165) is 17.6 Å². The summed E-state index contributed by atoms with van der Waals surface area (Å²) in [7, 11) is -0.751. The van der Waals surface area contributed by atoms with Crippen molar-refractivity contribution in [2.75, 3.05) is 12.8 Å². The predicted octanol–water partition coefficient (Wildman–Crippen LogP) is 2.61. The van der Waals surface area contributed by atoms with Crippen molar-refractivity contribution in [2.45, 2.75) is 25.6 Å². The summed E-state index contributed by atoms with van der Waals surface area (Å²) >= 11 is 3.54. The van der Waals surface area contributed by atoms with Crippen molar-refractivity contribution in [1.82, 2.24) is 5.32 Å². The van der Waals surface area contributed by atoms with Crippen LogP contribution in [0.3, 0.4) is 0 Å². The first-order chi connectivity index (χ1) is 7.50. The number of aryl methyl sites for hydroxylation is 1. The summed E-state index contributed by atoms with van der Waals surface area (Å²) in [5, 5.41) is 3.52. The van der Waals surface area contributed by atoms with Gasteiger partial charge in [0, 0.05) is 39.9 Å². The lowest BCUT2D eigenvalue weighted by atomic mass is 10.1. The molecule has 0 heterocycles. The van der Waals surface area contributed by atoms with E-state index in [1.807, 2.05) is 6.92 Å². The second kappa shape index (κ2) is 6.52. The monoisotopic (exact) mass is 303 g/mol. The number of hydrogen-bond acceptors (Lipinski definition) is 2. The van der Waals surface area contributed by atoms with E-state index in [1.165, 1.54) is 11.1 Å². The van der Waals surface area contributed by atoms with E-state index in [9.17, 15) is 4.21 Å². The molecular formula is C12H18BrNOS. The lowest BCUT2D eigenvalue weighted by molar-refractivity contribution is 0.646. The first-order valence-electron chi connectivity index (χ1n) is 5.28. The normalized spacial score (nSPS) is 14.8. The van der Waals surface area contributed by atoms with Gasteiger partial charge in [-0.15, -0.1) is 0 Å². The Bertz CT molecular complexity index is 381. The van der Waals surface area contributed by atoms with Gasteiger partial charge in [-0.3, -0.25) is 4.21 Å². The highest BCUT2D eigenvalue weighted by Crippen LogP contribution is 2.17. The van der Waals surface area contributed by atoms with Gasteiger partial charge in [-0.1, -0.05) is 28.1 Å². The summed E-state index contributed by atoms with van der Waals surface area (Å²) in [6.45, 7) is 5.66. The number of benzene rings is 1. The average Bonchev–Trinajstić information content (AvgIpc) is 2.20. The molecule has 0 aromatic heterocycles. The van der Waals surface area contributed by atoms with Crippen LogP contribution in [-0.2, 0) is 17.3 Å². The maximum Gasteiger partial charge on any atom is 0.0441 e. The van der Waals surface area contributed by atoms with Crippen molar-refractivity contribution in [3.8, 4) is 0 Å². The minimum absolute atomic E-state index is 0.198. The number of halogens is 1. The Morgan fingerprint density at radius 2 is 2.19 bits per heavy atom. The summed E-state index contributed by atoms with van der Waals surface area (Å²) in [6, 6.07) is 6.32. The summed E-state index contributed by atoms with van der Waals surface area (Å²) in [5.41, 5.74) is 2.48. The Labute approximate surface area is 108 Å². The molecule has 2 unspecified atom stereocenters. The van der Waals surface area contributed by atoms with Gasteiger partial charge >= 0.3 is 0 Å². The lowest BCUT2D eigenvalue weighted by Crippen LogP contribution is -2.27. The third-order valence-electron chi connectivity index (χ3n) is 2.52. The fourth-order valence-electron chi connectivity index (χ4n) is 1.32. The Hall–Kier alpha value is -0.190. The maximum atomic E-state index is 11.2. The number of rotatable bonds is 5. The van der Waals surface area contributed by atoms with E-state index in [1.54, 1.807) is 6.26 Å². The zero-order chi connectivity index (χ0) is 12.1. The van der Waals surface area contributed by atoms with Crippen LogP contribution in [-0.4, -0.2) is 22.3 Å². The highest BCUT2D eigenvalue weighted by atomic mass is 79.9. The van der Waals surface area contributed by atoms with Crippen molar-refractivity contribution in [1.29, 1.82) is 0 Å². The van der Waals surface area contributed by atoms with Crippen LogP contribution < -0.4 is 5.32 Å². The molecule has 0 fully saturated rings. The number of hydrogen-bond donors (Lipinski definition) is 1. The van der Waals surface area contributed by atoms with Gasteiger partial charge in [0.25, 0.3) is 0 Å². The van der Waals surface area contributed by atoms with Crippen molar-refractivity contribution >= 4 is 26.7 Å². The van der Waals surface area contributed by atoms with Gasteiger partial charge < -0.3 is 5.32 Å². The molecule has 1 aromatic rings. The third kappa shape index (κ3) is 4.36. The molecule has 0 saturated heterocycles. The molecule has 2 atom stereocenters. The Morgan fingerprint density at radius 3 is 2.75 bits per heavy atom. The topological polar surface area (TPSA) is 29.1 Å². The van der Waals surface area contributed by atoms with Crippen molar-refractivity contribution in [2.24, 2.45) is 0 Å². The van der Waals surface area contributed by atoms with Crippen LogP contribution >= 0.6 is 15.9 Å². The predicted molar refractivity (Wildman–Crippen MR) is 74.1 cm³/mol. The SMILES string of the molecule is Cc1ccc(CNCC(C)S(C)=O)c(Br)c1. The molecule has 16 heavy (non-hydrogen) atoms. The molecule has 0 amide bonds. The van der Waals surface area contributed by atoms with Crippen LogP contribution in [0.1, 0.15) is 18.1 Å². The lowest BCUT2D eigenvalue weighted by Gasteiger charge is -2.11. The van der Waals surface area contributed by atoms with E-state index in [-0.39, 0.29) is 5.25 Å². The van der Waals surface area contributed by atoms with E-state index >= 15 is 0 Å². The maximum absolute atomic E-state index is 11.2. The molecule has 0 bridgehead atoms. The van der Waals surface area contributed by atoms with E-state index in [2.05, 4.69) is 46.4 Å². The smallest absolute Gasteiger partial charge is 0.0441 e. The Kier molecular flexibility index (Phi) is 5.66. The molecule has 0 aliphatic heterocycles. The number of nitrogens with one attached hydrogen (secondary N) is 1. The van der Waals surface area contributed by atoms with Crippen LogP contribution in [0.4, 0.5) is 0 Å². The summed E-state index contributed by atoms with van der Waals surface area (Å²) in [5.74, 6) is 0. The summed E-state index contributed by atoms with van der Waals surface area (Å²) in [4.78, 5) is 0. The zero-order valence-electron chi connectivity index (χ0n) is 9.92. The molecule has 0 aliphatic rings. The minimum Gasteiger partial charge on any atom is -0.311 e. The largest absolute Gasteiger partial charge is 0.311 e. The van der Waals surface area contributed by atoms with Crippen molar-refractivity contribution in [3.05, 3.63) is 33.8 Å². The Balaban J connectivity index is 2.46.